The van der Waals surface area contributed by atoms with Crippen LogP contribution in [0.15, 0.2) is 60.8 Å². The molecule has 4 nitrogen and oxygen atoms in total. The maximum Gasteiger partial charge on any atom is 0.229 e. The highest BCUT2D eigenvalue weighted by molar-refractivity contribution is 5.83. The molecule has 3 rings (SSSR count). The van der Waals surface area contributed by atoms with Crippen molar-refractivity contribution in [2.75, 3.05) is 13.2 Å². The van der Waals surface area contributed by atoms with Gasteiger partial charge in [0.05, 0.1) is 12.5 Å². The number of para-hydroxylation sites is 1. The molecule has 0 spiro atoms. The number of nitrogens with zero attached hydrogens (tertiary/aromatic N) is 1. The summed E-state index contributed by atoms with van der Waals surface area (Å²) in [7, 11) is 0. The quantitative estimate of drug-likeness (QED) is 0.650. The molecular formula is C20H21FN2O2. The molecule has 0 radical (unpaired) electrons. The van der Waals surface area contributed by atoms with E-state index in [4.69, 9.17) is 0 Å². The molecule has 25 heavy (non-hydrogen) atoms. The molecule has 0 aliphatic heterocycles. The Morgan fingerprint density at radius 1 is 1.12 bits per heavy atom. The van der Waals surface area contributed by atoms with E-state index in [1.54, 1.807) is 0 Å². The first-order valence-electron chi connectivity index (χ1n) is 8.37. The highest BCUT2D eigenvalue weighted by Crippen LogP contribution is 2.17. The normalized spacial score (nSPS) is 12.2. The predicted molar refractivity (Wildman–Crippen MR) is 95.8 cm³/mol. The molecule has 5 heteroatoms. The third-order valence-electron chi connectivity index (χ3n) is 4.33. The minimum Gasteiger partial charge on any atom is -0.395 e. The van der Waals surface area contributed by atoms with Crippen molar-refractivity contribution >= 4 is 16.8 Å². The van der Waals surface area contributed by atoms with E-state index >= 15 is 0 Å². The van der Waals surface area contributed by atoms with E-state index in [0.717, 1.165) is 13.0 Å². The highest BCUT2D eigenvalue weighted by atomic mass is 19.1. The third-order valence-corrected chi connectivity index (χ3v) is 4.33. The van der Waals surface area contributed by atoms with Gasteiger partial charge in [-0.3, -0.25) is 4.79 Å². The number of amides is 1. The van der Waals surface area contributed by atoms with E-state index in [9.17, 15) is 14.3 Å². The number of hydrogen-bond donors (Lipinski definition) is 2. The number of aliphatic hydroxyl groups excluding tert-OH is 1. The lowest BCUT2D eigenvalue weighted by atomic mass is 9.99. The van der Waals surface area contributed by atoms with Crippen molar-refractivity contribution in [1.82, 2.24) is 9.88 Å². The van der Waals surface area contributed by atoms with E-state index in [2.05, 4.69) is 28.1 Å². The van der Waals surface area contributed by atoms with E-state index < -0.39 is 5.92 Å². The third kappa shape index (κ3) is 4.06. The fourth-order valence-corrected chi connectivity index (χ4v) is 2.95. The van der Waals surface area contributed by atoms with Crippen LogP contribution in [0.1, 0.15) is 17.9 Å². The van der Waals surface area contributed by atoms with Crippen molar-refractivity contribution in [2.45, 2.75) is 18.9 Å². The zero-order valence-electron chi connectivity index (χ0n) is 13.9. The molecule has 1 heterocycles. The summed E-state index contributed by atoms with van der Waals surface area (Å²) in [6, 6.07) is 15.9. The van der Waals surface area contributed by atoms with Gasteiger partial charge in [0, 0.05) is 24.8 Å². The standard InChI is InChI=1S/C20H21FN2O2/c21-17-8-6-15(7-9-17)18(14-24)20(25)22-11-3-12-23-13-10-16-4-1-2-5-19(16)23/h1-2,4-10,13,18,24H,3,11-12,14H2,(H,22,25). The van der Waals surface area contributed by atoms with Gasteiger partial charge in [0.15, 0.2) is 0 Å². The van der Waals surface area contributed by atoms with Crippen molar-refractivity contribution in [3.05, 3.63) is 72.2 Å². The smallest absolute Gasteiger partial charge is 0.229 e. The first-order chi connectivity index (χ1) is 12.2. The Morgan fingerprint density at radius 3 is 2.64 bits per heavy atom. The van der Waals surface area contributed by atoms with E-state index in [1.807, 2.05) is 18.3 Å². The molecule has 0 bridgehead atoms. The Kier molecular flexibility index (Phi) is 5.46. The zero-order chi connectivity index (χ0) is 17.6. The Bertz CT molecular complexity index is 842. The molecule has 0 fully saturated rings. The molecule has 1 aromatic heterocycles. The van der Waals surface area contributed by atoms with Gasteiger partial charge < -0.3 is 15.0 Å². The summed E-state index contributed by atoms with van der Waals surface area (Å²) in [6.45, 7) is 1.01. The number of rotatable bonds is 7. The van der Waals surface area contributed by atoms with Crippen molar-refractivity contribution < 1.29 is 14.3 Å². The fraction of sp³-hybridized carbons (Fsp3) is 0.250. The summed E-state index contributed by atoms with van der Waals surface area (Å²) in [5, 5.41) is 13.5. The summed E-state index contributed by atoms with van der Waals surface area (Å²) in [6.07, 6.45) is 2.83. The van der Waals surface area contributed by atoms with Crippen molar-refractivity contribution in [3.8, 4) is 0 Å². The second-order valence-corrected chi connectivity index (χ2v) is 6.00. The van der Waals surface area contributed by atoms with Crippen LogP contribution in [0, 0.1) is 5.82 Å². The fourth-order valence-electron chi connectivity index (χ4n) is 2.95. The van der Waals surface area contributed by atoms with Crippen LogP contribution < -0.4 is 5.32 Å². The minimum absolute atomic E-state index is 0.244. The molecule has 0 aliphatic carbocycles. The summed E-state index contributed by atoms with van der Waals surface area (Å²) < 4.78 is 15.1. The molecule has 1 unspecified atom stereocenters. The molecule has 1 amide bonds. The number of benzene rings is 2. The van der Waals surface area contributed by atoms with Crippen LogP contribution in [0.5, 0.6) is 0 Å². The lowest BCUT2D eigenvalue weighted by Crippen LogP contribution is -2.32. The van der Waals surface area contributed by atoms with Gasteiger partial charge in [-0.1, -0.05) is 30.3 Å². The average Bonchev–Trinajstić information content (AvgIpc) is 3.04. The lowest BCUT2D eigenvalue weighted by molar-refractivity contribution is -0.123. The summed E-state index contributed by atoms with van der Waals surface area (Å²) in [5.74, 6) is -1.28. The van der Waals surface area contributed by atoms with Gasteiger partial charge >= 0.3 is 0 Å². The van der Waals surface area contributed by atoms with Gasteiger partial charge in [0.1, 0.15) is 5.82 Å². The maximum atomic E-state index is 13.0. The number of aryl methyl sites for hydroxylation is 1. The van der Waals surface area contributed by atoms with Crippen LogP contribution in [-0.2, 0) is 11.3 Å². The molecule has 0 saturated carbocycles. The number of halogens is 1. The maximum absolute atomic E-state index is 13.0. The molecule has 1 atom stereocenters. The summed E-state index contributed by atoms with van der Waals surface area (Å²) >= 11 is 0. The van der Waals surface area contributed by atoms with Crippen LogP contribution in [-0.4, -0.2) is 28.7 Å². The van der Waals surface area contributed by atoms with E-state index in [1.165, 1.54) is 35.2 Å². The minimum atomic E-state index is -0.673. The van der Waals surface area contributed by atoms with Crippen LogP contribution in [0.4, 0.5) is 4.39 Å². The first kappa shape index (κ1) is 17.2. The molecule has 2 aromatic carbocycles. The van der Waals surface area contributed by atoms with Crippen LogP contribution >= 0.6 is 0 Å². The van der Waals surface area contributed by atoms with Gasteiger partial charge in [-0.25, -0.2) is 4.39 Å². The van der Waals surface area contributed by atoms with Crippen molar-refractivity contribution in [3.63, 3.8) is 0 Å². The molecule has 0 saturated heterocycles. The number of carbonyl (C=O) groups excluding carboxylic acids is 1. The van der Waals surface area contributed by atoms with Crippen LogP contribution in [0.3, 0.4) is 0 Å². The van der Waals surface area contributed by atoms with Gasteiger partial charge in [0.25, 0.3) is 0 Å². The summed E-state index contributed by atoms with van der Waals surface area (Å²) in [5.41, 5.74) is 1.78. The highest BCUT2D eigenvalue weighted by Gasteiger charge is 2.19. The number of hydrogen-bond acceptors (Lipinski definition) is 2. The van der Waals surface area contributed by atoms with Crippen molar-refractivity contribution in [1.29, 1.82) is 0 Å². The molecule has 2 N–H and O–H groups in total. The van der Waals surface area contributed by atoms with E-state index in [-0.39, 0.29) is 18.3 Å². The second-order valence-electron chi connectivity index (χ2n) is 6.00. The van der Waals surface area contributed by atoms with Crippen LogP contribution in [0.2, 0.25) is 0 Å². The Balaban J connectivity index is 1.52. The lowest BCUT2D eigenvalue weighted by Gasteiger charge is -2.15. The van der Waals surface area contributed by atoms with Gasteiger partial charge in [-0.2, -0.15) is 0 Å². The van der Waals surface area contributed by atoms with E-state index in [0.29, 0.717) is 12.1 Å². The largest absolute Gasteiger partial charge is 0.395 e. The van der Waals surface area contributed by atoms with Gasteiger partial charge in [-0.05, 0) is 41.6 Å². The average molecular weight is 340 g/mol. The van der Waals surface area contributed by atoms with Gasteiger partial charge in [0.2, 0.25) is 5.91 Å². The number of aromatic nitrogens is 1. The number of aliphatic hydroxyl groups is 1. The van der Waals surface area contributed by atoms with Crippen molar-refractivity contribution in [2.24, 2.45) is 0 Å². The SMILES string of the molecule is O=C(NCCCn1ccc2ccccc21)C(CO)c1ccc(F)cc1. The second kappa shape index (κ2) is 7.94. The predicted octanol–water partition coefficient (Wildman–Crippen LogP) is 3.06. The Hall–Kier alpha value is -2.66. The number of fused-ring (bicyclic) bond motifs is 1. The monoisotopic (exact) mass is 340 g/mol. The molecular weight excluding hydrogens is 319 g/mol. The number of carbonyl (C=O) groups is 1. The molecule has 0 aliphatic rings. The first-order valence-corrected chi connectivity index (χ1v) is 8.37. The molecule has 3 aromatic rings. The van der Waals surface area contributed by atoms with Crippen LogP contribution in [0.25, 0.3) is 10.9 Å². The van der Waals surface area contributed by atoms with Gasteiger partial charge in [-0.15, -0.1) is 0 Å². The molecule has 130 valence electrons. The Labute approximate surface area is 145 Å². The summed E-state index contributed by atoms with van der Waals surface area (Å²) in [4.78, 5) is 12.3. The topological polar surface area (TPSA) is 54.3 Å². The zero-order valence-corrected chi connectivity index (χ0v) is 13.9. The number of nitrogens with one attached hydrogen (secondary N) is 1. The Morgan fingerprint density at radius 2 is 1.88 bits per heavy atom.